The predicted octanol–water partition coefficient (Wildman–Crippen LogP) is 3.27. The van der Waals surface area contributed by atoms with Gasteiger partial charge in [-0.3, -0.25) is 4.79 Å². The van der Waals surface area contributed by atoms with E-state index in [2.05, 4.69) is 10.00 Å². The number of carbonyl (C=O) groups is 1. The van der Waals surface area contributed by atoms with Gasteiger partial charge in [0.2, 0.25) is 0 Å². The van der Waals surface area contributed by atoms with Gasteiger partial charge >= 0.3 is 0 Å². The highest BCUT2D eigenvalue weighted by Gasteiger charge is 2.33. The Hall–Kier alpha value is -3.03. The first-order chi connectivity index (χ1) is 14.5. The molecule has 1 atom stereocenters. The van der Waals surface area contributed by atoms with Crippen LogP contribution in [0.4, 0.5) is 11.4 Å². The number of aromatic nitrogens is 2. The standard InChI is InChI=1S/C22H21ClN4O3/c1-30-20-10-17(6-7-19(20)25-9-8-18(28)13-25)26-11-14-12-27(24-21(14)22(26)29)16-4-2-15(23)3-5-16/h2-7,10,12,18,28H,8-9,11,13H2,1H3. The quantitative estimate of drug-likeness (QED) is 0.696. The molecule has 1 N–H and O–H groups in total. The fourth-order valence-electron chi connectivity index (χ4n) is 4.07. The van der Waals surface area contributed by atoms with Gasteiger partial charge in [0.1, 0.15) is 5.75 Å². The van der Waals surface area contributed by atoms with Crippen molar-refractivity contribution in [2.24, 2.45) is 0 Å². The number of anilines is 2. The number of benzene rings is 2. The van der Waals surface area contributed by atoms with E-state index in [1.165, 1.54) is 0 Å². The van der Waals surface area contributed by atoms with Crippen LogP contribution in [0.15, 0.2) is 48.7 Å². The maximum atomic E-state index is 13.0. The predicted molar refractivity (Wildman–Crippen MR) is 115 cm³/mol. The van der Waals surface area contributed by atoms with Gasteiger partial charge in [0.05, 0.1) is 31.1 Å². The van der Waals surface area contributed by atoms with E-state index in [1.807, 2.05) is 36.5 Å². The summed E-state index contributed by atoms with van der Waals surface area (Å²) in [5.74, 6) is 0.550. The molecule has 0 bridgehead atoms. The van der Waals surface area contributed by atoms with Crippen molar-refractivity contribution in [2.45, 2.75) is 19.1 Å². The Balaban J connectivity index is 1.40. The summed E-state index contributed by atoms with van der Waals surface area (Å²) in [4.78, 5) is 16.8. The molecule has 2 aliphatic rings. The minimum Gasteiger partial charge on any atom is -0.495 e. The molecule has 0 spiro atoms. The summed E-state index contributed by atoms with van der Waals surface area (Å²) in [6.07, 6.45) is 2.31. The summed E-state index contributed by atoms with van der Waals surface area (Å²) in [6.45, 7) is 1.82. The lowest BCUT2D eigenvalue weighted by Crippen LogP contribution is -2.25. The van der Waals surface area contributed by atoms with E-state index in [-0.39, 0.29) is 12.0 Å². The first kappa shape index (κ1) is 19.0. The van der Waals surface area contributed by atoms with Crippen molar-refractivity contribution in [3.8, 4) is 11.4 Å². The van der Waals surface area contributed by atoms with Gasteiger partial charge in [0, 0.05) is 41.6 Å². The number of aliphatic hydroxyl groups is 1. The number of methoxy groups -OCH3 is 1. The monoisotopic (exact) mass is 424 g/mol. The zero-order chi connectivity index (χ0) is 20.8. The number of hydrogen-bond acceptors (Lipinski definition) is 5. The van der Waals surface area contributed by atoms with E-state index in [4.69, 9.17) is 16.3 Å². The van der Waals surface area contributed by atoms with Crippen molar-refractivity contribution < 1.29 is 14.6 Å². The number of fused-ring (bicyclic) bond motifs is 1. The van der Waals surface area contributed by atoms with Gasteiger partial charge in [-0.25, -0.2) is 4.68 Å². The van der Waals surface area contributed by atoms with Gasteiger partial charge in [0.25, 0.3) is 5.91 Å². The minimum atomic E-state index is -0.317. The van der Waals surface area contributed by atoms with Gasteiger partial charge < -0.3 is 19.6 Å². The molecule has 1 fully saturated rings. The third kappa shape index (κ3) is 3.20. The van der Waals surface area contributed by atoms with Crippen LogP contribution in [0.1, 0.15) is 22.5 Å². The average Bonchev–Trinajstić information content (AvgIpc) is 3.44. The molecule has 0 saturated carbocycles. The molecule has 1 aromatic heterocycles. The number of ether oxygens (including phenoxy) is 1. The highest BCUT2D eigenvalue weighted by molar-refractivity contribution is 6.30. The third-order valence-corrected chi connectivity index (χ3v) is 5.89. The molecule has 1 unspecified atom stereocenters. The van der Waals surface area contributed by atoms with Gasteiger partial charge in [-0.15, -0.1) is 0 Å². The van der Waals surface area contributed by atoms with Gasteiger partial charge in [-0.05, 0) is 42.8 Å². The number of aliphatic hydroxyl groups excluding tert-OH is 1. The Morgan fingerprint density at radius 2 is 1.93 bits per heavy atom. The fourth-order valence-corrected chi connectivity index (χ4v) is 4.19. The maximum absolute atomic E-state index is 13.0. The van der Waals surface area contributed by atoms with Crippen LogP contribution < -0.4 is 14.5 Å². The molecule has 2 aromatic carbocycles. The summed E-state index contributed by atoms with van der Waals surface area (Å²) < 4.78 is 7.29. The summed E-state index contributed by atoms with van der Waals surface area (Å²) in [6, 6.07) is 13.1. The SMILES string of the molecule is COc1cc(N2Cc3cn(-c4ccc(Cl)cc4)nc3C2=O)ccc1N1CCC(O)C1. The van der Waals surface area contributed by atoms with Crippen LogP contribution in [0.2, 0.25) is 5.02 Å². The Kier molecular flexibility index (Phi) is 4.64. The van der Waals surface area contributed by atoms with E-state index in [9.17, 15) is 9.90 Å². The largest absolute Gasteiger partial charge is 0.495 e. The second-order valence-electron chi connectivity index (χ2n) is 7.56. The van der Waals surface area contributed by atoms with Crippen molar-refractivity contribution >= 4 is 28.9 Å². The van der Waals surface area contributed by atoms with Crippen molar-refractivity contribution in [3.63, 3.8) is 0 Å². The Bertz CT molecular complexity index is 1110. The summed E-state index contributed by atoms with van der Waals surface area (Å²) in [7, 11) is 1.62. The molecule has 7 nitrogen and oxygen atoms in total. The highest BCUT2D eigenvalue weighted by atomic mass is 35.5. The number of carbonyl (C=O) groups excluding carboxylic acids is 1. The Morgan fingerprint density at radius 1 is 1.17 bits per heavy atom. The van der Waals surface area contributed by atoms with Crippen molar-refractivity contribution in [1.82, 2.24) is 9.78 Å². The van der Waals surface area contributed by atoms with E-state index < -0.39 is 0 Å². The zero-order valence-electron chi connectivity index (χ0n) is 16.5. The molecular formula is C22H21ClN4O3. The van der Waals surface area contributed by atoms with E-state index >= 15 is 0 Å². The number of β-amino-alcohol motifs (C(OH)–C–C–N with tert-alkyl or cyclic N) is 1. The lowest BCUT2D eigenvalue weighted by Gasteiger charge is -2.23. The molecule has 3 aromatic rings. The molecule has 30 heavy (non-hydrogen) atoms. The van der Waals surface area contributed by atoms with Gasteiger partial charge in [0.15, 0.2) is 5.69 Å². The molecular weight excluding hydrogens is 404 g/mol. The van der Waals surface area contributed by atoms with Crippen LogP contribution in [0.5, 0.6) is 5.75 Å². The van der Waals surface area contributed by atoms with E-state index in [0.717, 1.165) is 35.6 Å². The molecule has 8 heteroatoms. The van der Waals surface area contributed by atoms with E-state index in [1.54, 1.807) is 28.8 Å². The van der Waals surface area contributed by atoms with Crippen LogP contribution in [0.25, 0.3) is 5.69 Å². The second-order valence-corrected chi connectivity index (χ2v) is 8.00. The molecule has 0 aliphatic carbocycles. The number of nitrogens with zero attached hydrogens (tertiary/aromatic N) is 4. The van der Waals surface area contributed by atoms with Crippen LogP contribution in [0, 0.1) is 0 Å². The molecule has 0 radical (unpaired) electrons. The van der Waals surface area contributed by atoms with Crippen molar-refractivity contribution in [2.75, 3.05) is 30.0 Å². The third-order valence-electron chi connectivity index (χ3n) is 5.64. The highest BCUT2D eigenvalue weighted by Crippen LogP contribution is 2.37. The van der Waals surface area contributed by atoms with Crippen molar-refractivity contribution in [1.29, 1.82) is 0 Å². The minimum absolute atomic E-state index is 0.135. The molecule has 3 heterocycles. The van der Waals surface area contributed by atoms with E-state index in [0.29, 0.717) is 29.6 Å². The number of amides is 1. The average molecular weight is 425 g/mol. The molecule has 5 rings (SSSR count). The smallest absolute Gasteiger partial charge is 0.279 e. The van der Waals surface area contributed by atoms with Crippen LogP contribution in [-0.2, 0) is 6.54 Å². The molecule has 1 saturated heterocycles. The normalized spacial score (nSPS) is 18.2. The first-order valence-electron chi connectivity index (χ1n) is 9.81. The van der Waals surface area contributed by atoms with Gasteiger partial charge in [-0.2, -0.15) is 5.10 Å². The number of hydrogen-bond donors (Lipinski definition) is 1. The van der Waals surface area contributed by atoms with Crippen LogP contribution in [-0.4, -0.2) is 47.1 Å². The number of rotatable bonds is 4. The molecule has 1 amide bonds. The second kappa shape index (κ2) is 7.34. The molecule has 154 valence electrons. The van der Waals surface area contributed by atoms with Gasteiger partial charge in [-0.1, -0.05) is 11.6 Å². The van der Waals surface area contributed by atoms with Crippen LogP contribution >= 0.6 is 11.6 Å². The maximum Gasteiger partial charge on any atom is 0.279 e. The zero-order valence-corrected chi connectivity index (χ0v) is 17.2. The number of halogens is 1. The first-order valence-corrected chi connectivity index (χ1v) is 10.2. The molecule has 2 aliphatic heterocycles. The Morgan fingerprint density at radius 3 is 2.60 bits per heavy atom. The Labute approximate surface area is 179 Å². The lowest BCUT2D eigenvalue weighted by atomic mass is 10.2. The summed E-state index contributed by atoms with van der Waals surface area (Å²) in [5, 5.41) is 15.0. The fraction of sp³-hybridized carbons (Fsp3) is 0.273. The summed E-state index contributed by atoms with van der Waals surface area (Å²) in [5.41, 5.74) is 3.87. The topological polar surface area (TPSA) is 70.8 Å². The van der Waals surface area contributed by atoms with Crippen LogP contribution in [0.3, 0.4) is 0 Å². The summed E-state index contributed by atoms with van der Waals surface area (Å²) >= 11 is 5.95. The van der Waals surface area contributed by atoms with Crippen molar-refractivity contribution in [3.05, 3.63) is 64.9 Å². The lowest BCUT2D eigenvalue weighted by molar-refractivity contribution is 0.0991.